The van der Waals surface area contributed by atoms with Crippen molar-refractivity contribution in [2.24, 2.45) is 0 Å². The Balaban J connectivity index is 2.16. The van der Waals surface area contributed by atoms with Gasteiger partial charge in [0.25, 0.3) is 0 Å². The minimum Gasteiger partial charge on any atom is -0.477 e. The van der Waals surface area contributed by atoms with E-state index in [2.05, 4.69) is 9.97 Å². The van der Waals surface area contributed by atoms with Gasteiger partial charge in [-0.3, -0.25) is 4.98 Å². The van der Waals surface area contributed by atoms with E-state index in [0.717, 1.165) is 11.8 Å². The molecule has 0 aliphatic rings. The SMILES string of the molecule is O=C(O)c1cc2cc(F)cnc2n1Cc1ccncc1. The molecule has 3 aromatic heterocycles. The van der Waals surface area contributed by atoms with Crippen LogP contribution in [0, 0.1) is 5.82 Å². The van der Waals surface area contributed by atoms with Crippen molar-refractivity contribution in [3.63, 3.8) is 0 Å². The van der Waals surface area contributed by atoms with Crippen LogP contribution in [0.4, 0.5) is 4.39 Å². The van der Waals surface area contributed by atoms with Crippen molar-refractivity contribution in [3.8, 4) is 0 Å². The topological polar surface area (TPSA) is 68.0 Å². The van der Waals surface area contributed by atoms with E-state index in [0.29, 0.717) is 17.6 Å². The monoisotopic (exact) mass is 271 g/mol. The van der Waals surface area contributed by atoms with Crippen LogP contribution in [0.5, 0.6) is 0 Å². The number of hydrogen-bond acceptors (Lipinski definition) is 3. The Morgan fingerprint density at radius 1 is 1.30 bits per heavy atom. The molecule has 1 N–H and O–H groups in total. The number of pyridine rings is 2. The van der Waals surface area contributed by atoms with Crippen molar-refractivity contribution in [3.05, 3.63) is 59.9 Å². The molecular weight excluding hydrogens is 261 g/mol. The lowest BCUT2D eigenvalue weighted by Gasteiger charge is -2.07. The average molecular weight is 271 g/mol. The van der Waals surface area contributed by atoms with Crippen LogP contribution in [-0.2, 0) is 6.54 Å². The van der Waals surface area contributed by atoms with Gasteiger partial charge in [0, 0.05) is 24.3 Å². The van der Waals surface area contributed by atoms with E-state index in [-0.39, 0.29) is 5.69 Å². The molecule has 6 heteroatoms. The lowest BCUT2D eigenvalue weighted by atomic mass is 10.2. The van der Waals surface area contributed by atoms with Crippen molar-refractivity contribution in [1.29, 1.82) is 0 Å². The summed E-state index contributed by atoms with van der Waals surface area (Å²) in [6, 6.07) is 6.29. The highest BCUT2D eigenvalue weighted by atomic mass is 19.1. The molecule has 0 aromatic carbocycles. The van der Waals surface area contributed by atoms with E-state index in [1.54, 1.807) is 29.1 Å². The van der Waals surface area contributed by atoms with Crippen molar-refractivity contribution < 1.29 is 14.3 Å². The van der Waals surface area contributed by atoms with E-state index < -0.39 is 11.8 Å². The molecule has 0 amide bonds. The Morgan fingerprint density at radius 3 is 2.75 bits per heavy atom. The first kappa shape index (κ1) is 12.3. The highest BCUT2D eigenvalue weighted by molar-refractivity contribution is 5.93. The first-order valence-electron chi connectivity index (χ1n) is 5.92. The van der Waals surface area contributed by atoms with Crippen molar-refractivity contribution in [1.82, 2.24) is 14.5 Å². The number of halogens is 1. The van der Waals surface area contributed by atoms with Gasteiger partial charge >= 0.3 is 5.97 Å². The lowest BCUT2D eigenvalue weighted by Crippen LogP contribution is -2.09. The van der Waals surface area contributed by atoms with Crippen LogP contribution in [0.25, 0.3) is 11.0 Å². The Hall–Kier alpha value is -2.76. The number of carboxylic acid groups (broad SMARTS) is 1. The minimum absolute atomic E-state index is 0.0786. The number of carboxylic acids is 1. The molecule has 0 atom stereocenters. The van der Waals surface area contributed by atoms with Gasteiger partial charge in [-0.2, -0.15) is 0 Å². The third-order valence-electron chi connectivity index (χ3n) is 3.01. The van der Waals surface area contributed by atoms with E-state index in [1.807, 2.05) is 0 Å². The van der Waals surface area contributed by atoms with Crippen LogP contribution in [0.2, 0.25) is 0 Å². The molecule has 0 spiro atoms. The smallest absolute Gasteiger partial charge is 0.352 e. The zero-order valence-corrected chi connectivity index (χ0v) is 10.3. The maximum absolute atomic E-state index is 13.2. The zero-order chi connectivity index (χ0) is 14.1. The first-order valence-corrected chi connectivity index (χ1v) is 5.92. The third kappa shape index (κ3) is 2.11. The summed E-state index contributed by atoms with van der Waals surface area (Å²) in [6.45, 7) is 0.340. The Morgan fingerprint density at radius 2 is 2.05 bits per heavy atom. The van der Waals surface area contributed by atoms with Crippen molar-refractivity contribution in [2.75, 3.05) is 0 Å². The van der Waals surface area contributed by atoms with Gasteiger partial charge < -0.3 is 9.67 Å². The van der Waals surface area contributed by atoms with Crippen LogP contribution in [0.1, 0.15) is 16.1 Å². The highest BCUT2D eigenvalue weighted by Crippen LogP contribution is 2.20. The molecular formula is C14H10FN3O2. The average Bonchev–Trinajstić information content (AvgIpc) is 2.78. The van der Waals surface area contributed by atoms with Crippen LogP contribution in [-0.4, -0.2) is 25.6 Å². The summed E-state index contributed by atoms with van der Waals surface area (Å²) in [4.78, 5) is 19.2. The molecule has 5 nitrogen and oxygen atoms in total. The molecule has 0 bridgehead atoms. The quantitative estimate of drug-likeness (QED) is 0.793. The second kappa shape index (κ2) is 4.73. The minimum atomic E-state index is -1.07. The van der Waals surface area contributed by atoms with Crippen LogP contribution in [0.3, 0.4) is 0 Å². The normalized spacial score (nSPS) is 10.8. The van der Waals surface area contributed by atoms with Crippen molar-refractivity contribution in [2.45, 2.75) is 6.54 Å². The predicted octanol–water partition coefficient (Wildman–Crippen LogP) is 2.32. The molecule has 3 rings (SSSR count). The van der Waals surface area contributed by atoms with Crippen LogP contribution < -0.4 is 0 Å². The highest BCUT2D eigenvalue weighted by Gasteiger charge is 2.16. The maximum atomic E-state index is 13.2. The maximum Gasteiger partial charge on any atom is 0.352 e. The van der Waals surface area contributed by atoms with Gasteiger partial charge in [-0.25, -0.2) is 14.2 Å². The summed E-state index contributed by atoms with van der Waals surface area (Å²) in [5.41, 5.74) is 1.42. The number of nitrogens with zero attached hydrogens (tertiary/aromatic N) is 3. The summed E-state index contributed by atoms with van der Waals surface area (Å²) in [7, 11) is 0. The molecule has 100 valence electrons. The number of fused-ring (bicyclic) bond motifs is 1. The van der Waals surface area contributed by atoms with Crippen molar-refractivity contribution >= 4 is 17.0 Å². The summed E-state index contributed by atoms with van der Waals surface area (Å²) in [5.74, 6) is -1.56. The van der Waals surface area contributed by atoms with Gasteiger partial charge in [0.05, 0.1) is 6.20 Å². The fraction of sp³-hybridized carbons (Fsp3) is 0.0714. The van der Waals surface area contributed by atoms with Gasteiger partial charge in [0.2, 0.25) is 0 Å². The summed E-state index contributed by atoms with van der Waals surface area (Å²) < 4.78 is 14.7. The summed E-state index contributed by atoms with van der Waals surface area (Å²) >= 11 is 0. The molecule has 3 heterocycles. The number of hydrogen-bond donors (Lipinski definition) is 1. The second-order valence-electron chi connectivity index (χ2n) is 4.34. The lowest BCUT2D eigenvalue weighted by molar-refractivity contribution is 0.0686. The first-order chi connectivity index (χ1) is 9.65. The van der Waals surface area contributed by atoms with Gasteiger partial charge in [-0.1, -0.05) is 0 Å². The number of aromatic nitrogens is 3. The number of rotatable bonds is 3. The van der Waals surface area contributed by atoms with Crippen LogP contribution in [0.15, 0.2) is 42.9 Å². The number of carbonyl (C=O) groups is 1. The van der Waals surface area contributed by atoms with Gasteiger partial charge in [0.15, 0.2) is 0 Å². The summed E-state index contributed by atoms with van der Waals surface area (Å²) in [5, 5.41) is 9.73. The van der Waals surface area contributed by atoms with Gasteiger partial charge in [-0.05, 0) is 29.8 Å². The molecule has 0 radical (unpaired) electrons. The molecule has 0 fully saturated rings. The standard InChI is InChI=1S/C14H10FN3O2/c15-11-5-10-6-12(14(19)20)18(13(10)17-7-11)8-9-1-3-16-4-2-9/h1-7H,8H2,(H,19,20). The van der Waals surface area contributed by atoms with Crippen LogP contribution >= 0.6 is 0 Å². The summed E-state index contributed by atoms with van der Waals surface area (Å²) in [6.07, 6.45) is 4.35. The molecule has 0 aliphatic heterocycles. The zero-order valence-electron chi connectivity index (χ0n) is 10.3. The van der Waals surface area contributed by atoms with E-state index in [9.17, 15) is 14.3 Å². The third-order valence-corrected chi connectivity index (χ3v) is 3.01. The van der Waals surface area contributed by atoms with E-state index in [4.69, 9.17) is 0 Å². The Labute approximate surface area is 113 Å². The number of aromatic carboxylic acids is 1. The molecule has 0 saturated heterocycles. The molecule has 0 unspecified atom stereocenters. The molecule has 0 aliphatic carbocycles. The van der Waals surface area contributed by atoms with Gasteiger partial charge in [-0.15, -0.1) is 0 Å². The Kier molecular flexibility index (Phi) is 2.90. The largest absolute Gasteiger partial charge is 0.477 e. The fourth-order valence-corrected chi connectivity index (χ4v) is 2.13. The van der Waals surface area contributed by atoms with E-state index in [1.165, 1.54) is 12.1 Å². The fourth-order valence-electron chi connectivity index (χ4n) is 2.13. The van der Waals surface area contributed by atoms with E-state index >= 15 is 0 Å². The van der Waals surface area contributed by atoms with Gasteiger partial charge in [0.1, 0.15) is 17.2 Å². The molecule has 20 heavy (non-hydrogen) atoms. The molecule has 0 saturated carbocycles. The second-order valence-corrected chi connectivity index (χ2v) is 4.34. The molecule has 3 aromatic rings. The predicted molar refractivity (Wildman–Crippen MR) is 70.0 cm³/mol. The Bertz CT molecular complexity index is 784.